The van der Waals surface area contributed by atoms with Gasteiger partial charge in [0.1, 0.15) is 5.75 Å². The van der Waals surface area contributed by atoms with E-state index in [0.717, 1.165) is 23.5 Å². The third-order valence-electron chi connectivity index (χ3n) is 8.66. The van der Waals surface area contributed by atoms with E-state index in [9.17, 15) is 0 Å². The summed E-state index contributed by atoms with van der Waals surface area (Å²) in [5, 5.41) is 0. The zero-order valence-electron chi connectivity index (χ0n) is 17.2. The largest absolute Gasteiger partial charge is 0.490 e. The van der Waals surface area contributed by atoms with E-state index in [1.54, 1.807) is 5.70 Å². The quantitative estimate of drug-likeness (QED) is 0.711. The molecule has 146 valence electrons. The van der Waals surface area contributed by atoms with Crippen LogP contribution in [0.25, 0.3) is 0 Å². The molecule has 0 amide bonds. The zero-order chi connectivity index (χ0) is 18.6. The van der Waals surface area contributed by atoms with Gasteiger partial charge in [-0.25, -0.2) is 0 Å². The monoisotopic (exact) mass is 366 g/mol. The molecule has 1 unspecified atom stereocenters. The van der Waals surface area contributed by atoms with Gasteiger partial charge in [-0.2, -0.15) is 0 Å². The zero-order valence-corrected chi connectivity index (χ0v) is 17.2. The Morgan fingerprint density at radius 3 is 2.78 bits per heavy atom. The first-order chi connectivity index (χ1) is 13.0. The Bertz CT molecular complexity index is 731. The maximum atomic E-state index is 6.41. The molecule has 5 rings (SSSR count). The van der Waals surface area contributed by atoms with Crippen LogP contribution in [0.1, 0.15) is 58.8 Å². The van der Waals surface area contributed by atoms with E-state index in [1.807, 2.05) is 24.5 Å². The van der Waals surface area contributed by atoms with Crippen LogP contribution in [-0.4, -0.2) is 29.6 Å². The average molecular weight is 367 g/mol. The molecule has 1 aromatic heterocycles. The number of pyridine rings is 1. The highest BCUT2D eigenvalue weighted by Gasteiger charge is 2.59. The van der Waals surface area contributed by atoms with Crippen LogP contribution in [-0.2, 0) is 0 Å². The van der Waals surface area contributed by atoms with Crippen molar-refractivity contribution in [3.8, 4) is 5.75 Å². The predicted octanol–water partition coefficient (Wildman–Crippen LogP) is 5.29. The number of fused-ring (bicyclic) bond motifs is 5. The highest BCUT2D eigenvalue weighted by atomic mass is 16.5. The molecule has 0 N–H and O–H groups in total. The Kier molecular flexibility index (Phi) is 4.07. The van der Waals surface area contributed by atoms with Gasteiger partial charge >= 0.3 is 0 Å². The molecule has 3 nitrogen and oxygen atoms in total. The normalized spacial score (nSPS) is 43.4. The molecule has 1 aliphatic heterocycles. The fourth-order valence-corrected chi connectivity index (χ4v) is 7.48. The lowest BCUT2D eigenvalue weighted by Gasteiger charge is -2.59. The van der Waals surface area contributed by atoms with E-state index in [-0.39, 0.29) is 0 Å². The number of rotatable bonds is 2. The van der Waals surface area contributed by atoms with Crippen molar-refractivity contribution in [2.75, 3.05) is 13.6 Å². The Morgan fingerprint density at radius 1 is 1.15 bits per heavy atom. The maximum Gasteiger partial charge on any atom is 0.122 e. The van der Waals surface area contributed by atoms with Gasteiger partial charge in [0.2, 0.25) is 0 Å². The molecule has 0 radical (unpaired) electrons. The first-order valence-electron chi connectivity index (χ1n) is 11.0. The minimum absolute atomic E-state index is 0.363. The second kappa shape index (κ2) is 6.25. The van der Waals surface area contributed by atoms with Crippen LogP contribution in [0.2, 0.25) is 0 Å². The number of aromatic nitrogens is 1. The summed E-state index contributed by atoms with van der Waals surface area (Å²) in [4.78, 5) is 6.74. The van der Waals surface area contributed by atoms with Crippen molar-refractivity contribution in [2.45, 2.75) is 64.9 Å². The minimum Gasteiger partial charge on any atom is -0.490 e. The Balaban J connectivity index is 1.40. The molecule has 27 heavy (non-hydrogen) atoms. The van der Waals surface area contributed by atoms with Gasteiger partial charge < -0.3 is 9.64 Å². The van der Waals surface area contributed by atoms with E-state index >= 15 is 0 Å². The Morgan fingerprint density at radius 2 is 1.96 bits per heavy atom. The minimum atomic E-state index is 0.363. The lowest BCUT2D eigenvalue weighted by Crippen LogP contribution is -2.55. The van der Waals surface area contributed by atoms with Crippen molar-refractivity contribution < 1.29 is 4.74 Å². The Labute approximate surface area is 164 Å². The molecule has 0 aromatic carbocycles. The average Bonchev–Trinajstić information content (AvgIpc) is 2.99. The van der Waals surface area contributed by atoms with Gasteiger partial charge in [-0.1, -0.05) is 19.9 Å². The second-order valence-corrected chi connectivity index (χ2v) is 10.2. The number of allylic oxidation sites excluding steroid dienone is 2. The highest BCUT2D eigenvalue weighted by Crippen LogP contribution is 2.64. The van der Waals surface area contributed by atoms with Crippen LogP contribution in [0.4, 0.5) is 0 Å². The standard InChI is InChI=1S/C24H34N2O/c1-23-11-7-20-19(16-26(3)22-6-4-5-10-24(20,22)2)21(23)14-18(15-23)27-17-8-12-25-13-9-17/h6,8-9,12-13,18-21H,4-5,7,10-11,14-16H2,1-3H3/t18?,19-,20-,21+,23-,24-/m1/s1. The van der Waals surface area contributed by atoms with Gasteiger partial charge in [-0.15, -0.1) is 0 Å². The molecule has 6 atom stereocenters. The summed E-state index contributed by atoms with van der Waals surface area (Å²) in [5.74, 6) is 3.46. The molecule has 3 heteroatoms. The third-order valence-corrected chi connectivity index (χ3v) is 8.66. The van der Waals surface area contributed by atoms with Crippen LogP contribution in [0, 0.1) is 28.6 Å². The summed E-state index contributed by atoms with van der Waals surface area (Å²) in [6.45, 7) is 6.38. The van der Waals surface area contributed by atoms with E-state index in [2.05, 4.69) is 36.9 Å². The summed E-state index contributed by atoms with van der Waals surface area (Å²) < 4.78 is 6.41. The van der Waals surface area contributed by atoms with Crippen LogP contribution < -0.4 is 4.74 Å². The van der Waals surface area contributed by atoms with Gasteiger partial charge in [0.15, 0.2) is 0 Å². The first-order valence-corrected chi connectivity index (χ1v) is 11.0. The Hall–Kier alpha value is -1.51. The third kappa shape index (κ3) is 2.72. The first kappa shape index (κ1) is 17.6. The van der Waals surface area contributed by atoms with Crippen LogP contribution >= 0.6 is 0 Å². The molecule has 2 heterocycles. The maximum absolute atomic E-state index is 6.41. The van der Waals surface area contributed by atoms with Crippen molar-refractivity contribution >= 4 is 0 Å². The molecule has 1 saturated heterocycles. The molecule has 4 aliphatic rings. The van der Waals surface area contributed by atoms with Crippen LogP contribution in [0.15, 0.2) is 36.3 Å². The number of hydrogen-bond acceptors (Lipinski definition) is 3. The summed E-state index contributed by atoms with van der Waals surface area (Å²) in [6, 6.07) is 4.00. The second-order valence-electron chi connectivity index (χ2n) is 10.2. The fourth-order valence-electron chi connectivity index (χ4n) is 7.48. The van der Waals surface area contributed by atoms with Gasteiger partial charge in [0.05, 0.1) is 6.10 Å². The van der Waals surface area contributed by atoms with E-state index in [1.165, 1.54) is 51.5 Å². The number of piperidine rings is 1. The van der Waals surface area contributed by atoms with Crippen molar-refractivity contribution in [3.63, 3.8) is 0 Å². The molecule has 1 aromatic rings. The van der Waals surface area contributed by atoms with Gasteiger partial charge in [-0.3, -0.25) is 4.98 Å². The van der Waals surface area contributed by atoms with Crippen molar-refractivity contribution in [1.29, 1.82) is 0 Å². The molecule has 3 fully saturated rings. The smallest absolute Gasteiger partial charge is 0.122 e. The molecule has 0 spiro atoms. The van der Waals surface area contributed by atoms with Crippen molar-refractivity contribution in [1.82, 2.24) is 9.88 Å². The van der Waals surface area contributed by atoms with Gasteiger partial charge in [0, 0.05) is 37.1 Å². The topological polar surface area (TPSA) is 25.4 Å². The number of hydrogen-bond donors (Lipinski definition) is 0. The highest BCUT2D eigenvalue weighted by molar-refractivity contribution is 5.23. The van der Waals surface area contributed by atoms with Crippen LogP contribution in [0.3, 0.4) is 0 Å². The lowest BCUT2D eigenvalue weighted by atomic mass is 9.50. The van der Waals surface area contributed by atoms with Crippen LogP contribution in [0.5, 0.6) is 5.75 Å². The van der Waals surface area contributed by atoms with Crippen molar-refractivity contribution in [3.05, 3.63) is 36.3 Å². The fraction of sp³-hybridized carbons (Fsp3) is 0.708. The number of ether oxygens (including phenoxy) is 1. The van der Waals surface area contributed by atoms with Gasteiger partial charge in [0.25, 0.3) is 0 Å². The SMILES string of the molecule is CN1C[C@@H]2[C@@H](CC[C@]3(C)CC(Oc4ccncc4)C[C@@H]23)[C@@]2(C)CCCC=C12. The molecule has 2 saturated carbocycles. The summed E-state index contributed by atoms with van der Waals surface area (Å²) in [5.41, 5.74) is 2.51. The van der Waals surface area contributed by atoms with Gasteiger partial charge in [-0.05, 0) is 80.2 Å². The summed E-state index contributed by atoms with van der Waals surface area (Å²) >= 11 is 0. The molecular weight excluding hydrogens is 332 g/mol. The number of nitrogens with zero attached hydrogens (tertiary/aromatic N) is 2. The van der Waals surface area contributed by atoms with E-state index in [0.29, 0.717) is 16.9 Å². The summed E-state index contributed by atoms with van der Waals surface area (Å²) in [7, 11) is 2.34. The lowest BCUT2D eigenvalue weighted by molar-refractivity contribution is -0.0620. The molecule has 0 bridgehead atoms. The number of likely N-dealkylation sites (tertiary alicyclic amines) is 1. The van der Waals surface area contributed by atoms with E-state index < -0.39 is 0 Å². The molecular formula is C24H34N2O. The molecule has 3 aliphatic carbocycles. The van der Waals surface area contributed by atoms with Crippen molar-refractivity contribution in [2.24, 2.45) is 28.6 Å². The summed E-state index contributed by atoms with van der Waals surface area (Å²) in [6.07, 6.45) is 15.8. The van der Waals surface area contributed by atoms with E-state index in [4.69, 9.17) is 4.74 Å². The predicted molar refractivity (Wildman–Crippen MR) is 108 cm³/mol.